The molecule has 2 aromatic heterocycles. The van der Waals surface area contributed by atoms with E-state index in [1.54, 1.807) is 32.2 Å². The number of ether oxygens (including phenoxy) is 2. The van der Waals surface area contributed by atoms with Crippen molar-refractivity contribution in [2.24, 2.45) is 0 Å². The summed E-state index contributed by atoms with van der Waals surface area (Å²) in [6, 6.07) is 3.16. The molecule has 19 heavy (non-hydrogen) atoms. The smallest absolute Gasteiger partial charge is 0.341 e. The van der Waals surface area contributed by atoms with Crippen LogP contribution in [0.15, 0.2) is 24.5 Å². The Kier molecular flexibility index (Phi) is 3.79. The van der Waals surface area contributed by atoms with Gasteiger partial charge in [0.1, 0.15) is 5.56 Å². The molecule has 0 aliphatic rings. The first kappa shape index (κ1) is 13.1. The molecule has 2 heterocycles. The highest BCUT2D eigenvalue weighted by molar-refractivity contribution is 5.98. The number of rotatable bonds is 4. The largest absolute Gasteiger partial charge is 0.462 e. The van der Waals surface area contributed by atoms with Crippen molar-refractivity contribution in [3.8, 4) is 0 Å². The lowest BCUT2D eigenvalue weighted by Crippen LogP contribution is -2.07. The summed E-state index contributed by atoms with van der Waals surface area (Å²) in [6.45, 7) is 4.05. The third-order valence-corrected chi connectivity index (χ3v) is 2.53. The molecule has 6 nitrogen and oxygen atoms in total. The van der Waals surface area contributed by atoms with E-state index in [1.807, 2.05) is 0 Å². The number of nitrogens with zero attached hydrogens (tertiary/aromatic N) is 2. The maximum absolute atomic E-state index is 11.7. The lowest BCUT2D eigenvalue weighted by Gasteiger charge is -2.03. The third kappa shape index (κ3) is 2.57. The number of hydrogen-bond acceptors (Lipinski definition) is 5. The predicted molar refractivity (Wildman–Crippen MR) is 67.1 cm³/mol. The molecule has 0 saturated carbocycles. The van der Waals surface area contributed by atoms with E-state index >= 15 is 0 Å². The van der Waals surface area contributed by atoms with Gasteiger partial charge in [0.15, 0.2) is 0 Å². The summed E-state index contributed by atoms with van der Waals surface area (Å²) in [5, 5.41) is 4.03. The SMILES string of the molecule is CCOC(=O)c1ccn2ncc(C(=O)OCC)c2c1. The van der Waals surface area contributed by atoms with Gasteiger partial charge in [-0.15, -0.1) is 0 Å². The average Bonchev–Trinajstić information content (AvgIpc) is 2.82. The first-order valence-corrected chi connectivity index (χ1v) is 5.99. The molecule has 0 atom stereocenters. The van der Waals surface area contributed by atoms with Crippen molar-refractivity contribution in [3.05, 3.63) is 35.7 Å². The van der Waals surface area contributed by atoms with Gasteiger partial charge in [0.05, 0.1) is 30.5 Å². The highest BCUT2D eigenvalue weighted by Gasteiger charge is 2.16. The molecular weight excluding hydrogens is 248 g/mol. The van der Waals surface area contributed by atoms with Crippen molar-refractivity contribution in [1.29, 1.82) is 0 Å². The summed E-state index contributed by atoms with van der Waals surface area (Å²) in [5.41, 5.74) is 1.22. The quantitative estimate of drug-likeness (QED) is 0.784. The Balaban J connectivity index is 2.42. The molecule has 0 unspecified atom stereocenters. The molecule has 0 spiro atoms. The van der Waals surface area contributed by atoms with E-state index in [0.29, 0.717) is 23.3 Å². The van der Waals surface area contributed by atoms with Gasteiger partial charge in [-0.3, -0.25) is 0 Å². The van der Waals surface area contributed by atoms with Gasteiger partial charge in [0, 0.05) is 6.20 Å². The number of carbonyl (C=O) groups excluding carboxylic acids is 2. The van der Waals surface area contributed by atoms with E-state index < -0.39 is 11.9 Å². The predicted octanol–water partition coefficient (Wildman–Crippen LogP) is 1.69. The zero-order chi connectivity index (χ0) is 13.8. The van der Waals surface area contributed by atoms with Gasteiger partial charge >= 0.3 is 11.9 Å². The van der Waals surface area contributed by atoms with Crippen molar-refractivity contribution < 1.29 is 19.1 Å². The van der Waals surface area contributed by atoms with Crippen LogP contribution in [-0.4, -0.2) is 34.8 Å². The van der Waals surface area contributed by atoms with Gasteiger partial charge < -0.3 is 9.47 Å². The number of aromatic nitrogens is 2. The molecule has 0 aromatic carbocycles. The molecule has 100 valence electrons. The fraction of sp³-hybridized carbons (Fsp3) is 0.308. The second-order valence-electron chi connectivity index (χ2n) is 3.74. The van der Waals surface area contributed by atoms with Crippen LogP contribution < -0.4 is 0 Å². The highest BCUT2D eigenvalue weighted by Crippen LogP contribution is 2.14. The molecule has 0 saturated heterocycles. The molecule has 2 rings (SSSR count). The Bertz CT molecular complexity index is 618. The standard InChI is InChI=1S/C13H14N2O4/c1-3-18-12(16)9-5-6-15-11(7-9)10(8-14-15)13(17)19-4-2/h5-8H,3-4H2,1-2H3. The maximum Gasteiger partial charge on any atom is 0.341 e. The van der Waals surface area contributed by atoms with E-state index in [0.717, 1.165) is 0 Å². The van der Waals surface area contributed by atoms with Gasteiger partial charge in [-0.05, 0) is 26.0 Å². The van der Waals surface area contributed by atoms with Crippen molar-refractivity contribution in [2.75, 3.05) is 13.2 Å². The molecule has 0 aliphatic carbocycles. The molecule has 0 fully saturated rings. The third-order valence-electron chi connectivity index (χ3n) is 2.53. The van der Waals surface area contributed by atoms with E-state index in [2.05, 4.69) is 5.10 Å². The summed E-state index contributed by atoms with van der Waals surface area (Å²) in [4.78, 5) is 23.4. The summed E-state index contributed by atoms with van der Waals surface area (Å²) < 4.78 is 11.4. The van der Waals surface area contributed by atoms with Crippen molar-refractivity contribution in [1.82, 2.24) is 9.61 Å². The monoisotopic (exact) mass is 262 g/mol. The minimum Gasteiger partial charge on any atom is -0.462 e. The van der Waals surface area contributed by atoms with Gasteiger partial charge in [-0.2, -0.15) is 5.10 Å². The summed E-state index contributed by atoms with van der Waals surface area (Å²) in [6.07, 6.45) is 3.02. The Labute approximate surface area is 109 Å². The molecule has 6 heteroatoms. The van der Waals surface area contributed by atoms with Crippen LogP contribution in [-0.2, 0) is 9.47 Å². The van der Waals surface area contributed by atoms with Crippen LogP contribution in [0, 0.1) is 0 Å². The Morgan fingerprint density at radius 1 is 1.21 bits per heavy atom. The molecule has 0 aliphatic heterocycles. The second-order valence-corrected chi connectivity index (χ2v) is 3.74. The van der Waals surface area contributed by atoms with E-state index in [4.69, 9.17) is 9.47 Å². The van der Waals surface area contributed by atoms with Gasteiger partial charge in [0.2, 0.25) is 0 Å². The fourth-order valence-corrected chi connectivity index (χ4v) is 1.69. The van der Waals surface area contributed by atoms with Crippen LogP contribution in [0.2, 0.25) is 0 Å². The summed E-state index contributed by atoms with van der Waals surface area (Å²) in [7, 11) is 0. The van der Waals surface area contributed by atoms with Crippen LogP contribution >= 0.6 is 0 Å². The van der Waals surface area contributed by atoms with Crippen molar-refractivity contribution >= 4 is 17.5 Å². The average molecular weight is 262 g/mol. The number of carbonyl (C=O) groups is 2. The number of pyridine rings is 1. The maximum atomic E-state index is 11.7. The molecule has 0 N–H and O–H groups in total. The van der Waals surface area contributed by atoms with Crippen LogP contribution in [0.3, 0.4) is 0 Å². The van der Waals surface area contributed by atoms with Gasteiger partial charge in [-0.25, -0.2) is 14.1 Å². The van der Waals surface area contributed by atoms with E-state index in [-0.39, 0.29) is 6.61 Å². The molecule has 2 aromatic rings. The van der Waals surface area contributed by atoms with E-state index in [1.165, 1.54) is 10.7 Å². The molecule has 0 amide bonds. The van der Waals surface area contributed by atoms with Gasteiger partial charge in [0.25, 0.3) is 0 Å². The summed E-state index contributed by atoms with van der Waals surface area (Å²) in [5.74, 6) is -0.889. The number of hydrogen-bond donors (Lipinski definition) is 0. The minimum absolute atomic E-state index is 0.285. The van der Waals surface area contributed by atoms with Crippen LogP contribution in [0.5, 0.6) is 0 Å². The normalized spacial score (nSPS) is 10.4. The second kappa shape index (κ2) is 5.51. The van der Waals surface area contributed by atoms with Crippen LogP contribution in [0.1, 0.15) is 34.6 Å². The van der Waals surface area contributed by atoms with Crippen molar-refractivity contribution in [3.63, 3.8) is 0 Å². The fourth-order valence-electron chi connectivity index (χ4n) is 1.69. The lowest BCUT2D eigenvalue weighted by molar-refractivity contribution is 0.0515. The Hall–Kier alpha value is -2.37. The Morgan fingerprint density at radius 2 is 1.89 bits per heavy atom. The molecule has 0 radical (unpaired) electrons. The highest BCUT2D eigenvalue weighted by atomic mass is 16.5. The number of fused-ring (bicyclic) bond motifs is 1. The zero-order valence-corrected chi connectivity index (χ0v) is 10.8. The van der Waals surface area contributed by atoms with E-state index in [9.17, 15) is 9.59 Å². The molecule has 0 bridgehead atoms. The topological polar surface area (TPSA) is 69.9 Å². The molecular formula is C13H14N2O4. The van der Waals surface area contributed by atoms with Crippen LogP contribution in [0.4, 0.5) is 0 Å². The first-order chi connectivity index (χ1) is 9.17. The summed E-state index contributed by atoms with van der Waals surface area (Å²) >= 11 is 0. The first-order valence-electron chi connectivity index (χ1n) is 5.99. The van der Waals surface area contributed by atoms with Crippen molar-refractivity contribution in [2.45, 2.75) is 13.8 Å². The minimum atomic E-state index is -0.460. The van der Waals surface area contributed by atoms with Crippen LogP contribution in [0.25, 0.3) is 5.52 Å². The number of esters is 2. The zero-order valence-electron chi connectivity index (χ0n) is 10.8. The lowest BCUT2D eigenvalue weighted by atomic mass is 10.2. The van der Waals surface area contributed by atoms with Gasteiger partial charge in [-0.1, -0.05) is 0 Å². The Morgan fingerprint density at radius 3 is 2.58 bits per heavy atom.